The zero-order chi connectivity index (χ0) is 14.1. The first-order valence-electron chi connectivity index (χ1n) is 5.74. The number of Topliss-reactive ketones (excluding diaryl/α,β-unsaturated/α-hetero) is 1. The Morgan fingerprint density at radius 2 is 2.35 bits per heavy atom. The molecule has 6 nitrogen and oxygen atoms in total. The van der Waals surface area contributed by atoms with E-state index in [1.807, 2.05) is 0 Å². The second-order valence-electron chi connectivity index (χ2n) is 4.11. The predicted molar refractivity (Wildman–Crippen MR) is 69.7 cm³/mol. The van der Waals surface area contributed by atoms with Gasteiger partial charge >= 0.3 is 5.97 Å². The summed E-state index contributed by atoms with van der Waals surface area (Å²) < 4.78 is 10.7. The van der Waals surface area contributed by atoms with Crippen LogP contribution in [0.5, 0.6) is 11.5 Å². The van der Waals surface area contributed by atoms with Gasteiger partial charge in [-0.1, -0.05) is 0 Å². The molecule has 0 unspecified atom stereocenters. The van der Waals surface area contributed by atoms with Crippen LogP contribution in [0, 0.1) is 0 Å². The molecule has 1 aromatic heterocycles. The van der Waals surface area contributed by atoms with Crippen molar-refractivity contribution in [2.24, 2.45) is 0 Å². The van der Waals surface area contributed by atoms with Gasteiger partial charge in [0.25, 0.3) is 0 Å². The smallest absolute Gasteiger partial charge is 0.365 e. The zero-order valence-corrected chi connectivity index (χ0v) is 11.0. The molecule has 0 spiro atoms. The quantitative estimate of drug-likeness (QED) is 0.927. The van der Waals surface area contributed by atoms with E-state index in [2.05, 4.69) is 4.98 Å². The number of nitrogens with zero attached hydrogens (tertiary/aromatic N) is 1. The summed E-state index contributed by atoms with van der Waals surface area (Å²) in [5.41, 5.74) is 1.10. The maximum atomic E-state index is 11.4. The molecule has 0 bridgehead atoms. The monoisotopic (exact) mass is 291 g/mol. The minimum atomic E-state index is -1.05. The van der Waals surface area contributed by atoms with Crippen LogP contribution in [0.4, 0.5) is 0 Å². The minimum absolute atomic E-state index is 0.0338. The average Bonchev–Trinajstić information content (AvgIpc) is 3.04. The molecule has 1 aliphatic heterocycles. The van der Waals surface area contributed by atoms with Gasteiger partial charge < -0.3 is 14.6 Å². The molecular weight excluding hydrogens is 282 g/mol. The van der Waals surface area contributed by atoms with Crippen molar-refractivity contribution in [1.29, 1.82) is 0 Å². The van der Waals surface area contributed by atoms with Crippen molar-refractivity contribution < 1.29 is 24.2 Å². The van der Waals surface area contributed by atoms with Crippen LogP contribution in [0.2, 0.25) is 0 Å². The summed E-state index contributed by atoms with van der Waals surface area (Å²) in [6.07, 6.45) is 0. The second-order valence-corrected chi connectivity index (χ2v) is 4.97. The van der Waals surface area contributed by atoms with E-state index in [4.69, 9.17) is 14.6 Å². The number of ketones is 1. The van der Waals surface area contributed by atoms with Gasteiger partial charge in [0.2, 0.25) is 10.8 Å². The average molecular weight is 291 g/mol. The number of hydrogen-bond donors (Lipinski definition) is 1. The first-order valence-corrected chi connectivity index (χ1v) is 6.62. The van der Waals surface area contributed by atoms with E-state index in [0.29, 0.717) is 22.8 Å². The molecule has 7 heteroatoms. The van der Waals surface area contributed by atoms with Crippen molar-refractivity contribution in [3.8, 4) is 11.5 Å². The summed E-state index contributed by atoms with van der Waals surface area (Å²) >= 11 is 1.05. The van der Waals surface area contributed by atoms with E-state index in [1.165, 1.54) is 0 Å². The normalized spacial score (nSPS) is 12.9. The van der Waals surface area contributed by atoms with Gasteiger partial charge in [-0.3, -0.25) is 4.79 Å². The number of ether oxygens (including phenoxy) is 2. The van der Waals surface area contributed by atoms with Crippen molar-refractivity contribution in [2.45, 2.75) is 6.61 Å². The maximum Gasteiger partial charge on any atom is 0.365 e. The fraction of sp³-hybridized carbons (Fsp3) is 0.154. The molecule has 20 heavy (non-hydrogen) atoms. The van der Waals surface area contributed by atoms with Gasteiger partial charge in [-0.2, -0.15) is 0 Å². The zero-order valence-electron chi connectivity index (χ0n) is 10.2. The van der Waals surface area contributed by atoms with Gasteiger partial charge in [-0.15, -0.1) is 11.3 Å². The van der Waals surface area contributed by atoms with E-state index in [0.717, 1.165) is 11.3 Å². The van der Waals surface area contributed by atoms with Crippen molar-refractivity contribution in [3.63, 3.8) is 0 Å². The Bertz CT molecular complexity index is 694. The predicted octanol–water partition coefficient (Wildman–Crippen LogP) is 2.00. The number of fused-ring (bicyclic) bond motifs is 1. The van der Waals surface area contributed by atoms with Crippen molar-refractivity contribution >= 4 is 23.1 Å². The van der Waals surface area contributed by atoms with Crippen molar-refractivity contribution in [1.82, 2.24) is 4.98 Å². The summed E-state index contributed by atoms with van der Waals surface area (Å²) in [6.45, 7) is 0.226. The first-order chi connectivity index (χ1) is 9.63. The van der Waals surface area contributed by atoms with Gasteiger partial charge in [-0.25, -0.2) is 9.78 Å². The molecule has 0 fully saturated rings. The van der Waals surface area contributed by atoms with Crippen LogP contribution >= 0.6 is 11.3 Å². The lowest BCUT2D eigenvalue weighted by Gasteiger charge is -2.05. The van der Waals surface area contributed by atoms with Crippen molar-refractivity contribution in [2.75, 3.05) is 6.61 Å². The van der Waals surface area contributed by atoms with Crippen LogP contribution in [0.3, 0.4) is 0 Å². The van der Waals surface area contributed by atoms with Crippen LogP contribution in [0.1, 0.15) is 25.9 Å². The largest absolute Gasteiger partial charge is 0.487 e. The first kappa shape index (κ1) is 12.6. The van der Waals surface area contributed by atoms with E-state index < -0.39 is 5.97 Å². The van der Waals surface area contributed by atoms with Crippen LogP contribution in [-0.2, 0) is 6.61 Å². The number of carboxylic acid groups (broad SMARTS) is 1. The van der Waals surface area contributed by atoms with E-state index in [1.54, 1.807) is 23.6 Å². The molecule has 0 saturated carbocycles. The third-order valence-corrected chi connectivity index (χ3v) is 3.61. The Morgan fingerprint density at radius 3 is 3.10 bits per heavy atom. The molecule has 2 heterocycles. The number of carbonyl (C=O) groups is 2. The van der Waals surface area contributed by atoms with Gasteiger partial charge in [-0.05, 0) is 12.1 Å². The van der Waals surface area contributed by atoms with Crippen molar-refractivity contribution in [3.05, 3.63) is 39.8 Å². The number of carboxylic acids is 1. The lowest BCUT2D eigenvalue weighted by atomic mass is 10.1. The summed E-state index contributed by atoms with van der Waals surface area (Å²) in [5.74, 6) is -0.0387. The topological polar surface area (TPSA) is 85.7 Å². The molecule has 102 valence electrons. The molecule has 0 radical (unpaired) electrons. The van der Waals surface area contributed by atoms with Gasteiger partial charge in [0.1, 0.15) is 18.1 Å². The fourth-order valence-corrected chi connectivity index (χ4v) is 2.43. The van der Waals surface area contributed by atoms with Crippen LogP contribution in [0.25, 0.3) is 0 Å². The number of hydrogen-bond acceptors (Lipinski definition) is 6. The lowest BCUT2D eigenvalue weighted by molar-refractivity contribution is 0.0695. The minimum Gasteiger partial charge on any atom is -0.487 e. The molecular formula is C13H9NO5S. The summed E-state index contributed by atoms with van der Waals surface area (Å²) in [5, 5.41) is 10.4. The highest BCUT2D eigenvalue weighted by atomic mass is 32.1. The number of carbonyl (C=O) groups excluding carboxylic acids is 1. The molecule has 1 aromatic carbocycles. The summed E-state index contributed by atoms with van der Waals surface area (Å²) in [4.78, 5) is 26.0. The summed E-state index contributed by atoms with van der Waals surface area (Å²) in [7, 11) is 0. The van der Waals surface area contributed by atoms with Crippen LogP contribution < -0.4 is 9.47 Å². The van der Waals surface area contributed by atoms with Gasteiger partial charge in [0.15, 0.2) is 6.61 Å². The molecule has 2 aromatic rings. The third kappa shape index (κ3) is 2.35. The third-order valence-electron chi connectivity index (χ3n) is 2.73. The van der Waals surface area contributed by atoms with Gasteiger partial charge in [0.05, 0.1) is 11.3 Å². The number of benzene rings is 1. The van der Waals surface area contributed by atoms with Crippen LogP contribution in [0.15, 0.2) is 23.6 Å². The number of rotatable bonds is 4. The van der Waals surface area contributed by atoms with E-state index >= 15 is 0 Å². The molecule has 1 aliphatic rings. The Balaban J connectivity index is 1.69. The number of aromatic nitrogens is 1. The SMILES string of the molecule is O=C(O)c1nc(COc2ccc3c(c2)OCC3=O)cs1. The molecule has 0 amide bonds. The number of thiazole rings is 1. The molecule has 0 saturated heterocycles. The Hall–Kier alpha value is -2.41. The second kappa shape index (κ2) is 4.93. The summed E-state index contributed by atoms with van der Waals surface area (Å²) in [6, 6.07) is 4.98. The standard InChI is InChI=1S/C13H9NO5S/c15-10-5-19-11-3-8(1-2-9(10)11)18-4-7-6-20-12(14-7)13(16)17/h1-3,6H,4-5H2,(H,16,17). The lowest BCUT2D eigenvalue weighted by Crippen LogP contribution is -1.99. The van der Waals surface area contributed by atoms with Gasteiger partial charge in [0, 0.05) is 11.4 Å². The highest BCUT2D eigenvalue weighted by Gasteiger charge is 2.21. The van der Waals surface area contributed by atoms with Crippen LogP contribution in [-0.4, -0.2) is 28.4 Å². The molecule has 0 aliphatic carbocycles. The highest BCUT2D eigenvalue weighted by molar-refractivity contribution is 7.11. The Morgan fingerprint density at radius 1 is 1.50 bits per heavy atom. The molecule has 1 N–H and O–H groups in total. The Kier molecular flexibility index (Phi) is 3.11. The van der Waals surface area contributed by atoms with E-state index in [-0.39, 0.29) is 24.0 Å². The maximum absolute atomic E-state index is 11.4. The Labute approximate surface area is 117 Å². The van der Waals surface area contributed by atoms with E-state index in [9.17, 15) is 9.59 Å². The highest BCUT2D eigenvalue weighted by Crippen LogP contribution is 2.29. The molecule has 0 atom stereocenters. The molecule has 3 rings (SSSR count). The number of aromatic carboxylic acids is 1. The fourth-order valence-electron chi connectivity index (χ4n) is 1.79.